The van der Waals surface area contributed by atoms with Gasteiger partial charge in [0.05, 0.1) is 11.3 Å². The minimum absolute atomic E-state index is 0.728. The van der Waals surface area contributed by atoms with E-state index in [0.717, 1.165) is 59.6 Å². The van der Waals surface area contributed by atoms with Gasteiger partial charge in [-0.1, -0.05) is 6.07 Å². The molecule has 1 fully saturated rings. The molecule has 0 aliphatic carbocycles. The van der Waals surface area contributed by atoms with Crippen LogP contribution in [0.5, 0.6) is 0 Å². The molecule has 0 amide bonds. The summed E-state index contributed by atoms with van der Waals surface area (Å²) in [5.74, 6) is 0. The maximum atomic E-state index is 9.60. The summed E-state index contributed by atoms with van der Waals surface area (Å²) < 4.78 is 0. The highest BCUT2D eigenvalue weighted by atomic mass is 15.2. The molecule has 1 aromatic carbocycles. The average Bonchev–Trinajstić information content (AvgIpc) is 3.09. The van der Waals surface area contributed by atoms with Crippen LogP contribution in [0.4, 0.5) is 5.69 Å². The van der Waals surface area contributed by atoms with Crippen LogP contribution in [0.2, 0.25) is 0 Å². The average molecular weight is 317 g/mol. The second kappa shape index (κ2) is 5.99. The number of likely N-dealkylation sites (N-methyl/N-ethyl adjacent to an activating group) is 1. The standard InChI is InChI=1S/C19H19N5/c1-23-6-8-24(9-7-23)18-3-2-14(10-16(18)12-20)17-11-15-4-5-21-19(15)22-13-17/h2-5,10-11,13H,6-9H2,1H3,(H,21,22). The number of rotatable bonds is 2. The third kappa shape index (κ3) is 2.61. The van der Waals surface area contributed by atoms with Crippen molar-refractivity contribution in [1.82, 2.24) is 14.9 Å². The normalized spacial score (nSPS) is 15.6. The van der Waals surface area contributed by atoms with E-state index < -0.39 is 0 Å². The second-order valence-corrected chi connectivity index (χ2v) is 6.27. The van der Waals surface area contributed by atoms with Crippen molar-refractivity contribution in [3.63, 3.8) is 0 Å². The van der Waals surface area contributed by atoms with Gasteiger partial charge in [0.1, 0.15) is 11.7 Å². The quantitative estimate of drug-likeness (QED) is 0.789. The zero-order valence-corrected chi connectivity index (χ0v) is 13.7. The lowest BCUT2D eigenvalue weighted by Gasteiger charge is -2.34. The fourth-order valence-corrected chi connectivity index (χ4v) is 3.23. The van der Waals surface area contributed by atoms with Gasteiger partial charge in [-0.05, 0) is 36.9 Å². The minimum atomic E-state index is 0.728. The summed E-state index contributed by atoms with van der Waals surface area (Å²) in [6.07, 6.45) is 3.74. The third-order valence-electron chi connectivity index (χ3n) is 4.69. The number of pyridine rings is 1. The molecule has 4 rings (SSSR count). The van der Waals surface area contributed by atoms with Gasteiger partial charge in [-0.2, -0.15) is 5.26 Å². The molecule has 1 N–H and O–H groups in total. The molecule has 2 aromatic heterocycles. The van der Waals surface area contributed by atoms with E-state index in [1.54, 1.807) is 0 Å². The van der Waals surface area contributed by atoms with Gasteiger partial charge in [0.25, 0.3) is 0 Å². The molecule has 0 bridgehead atoms. The molecule has 0 unspecified atom stereocenters. The maximum Gasteiger partial charge on any atom is 0.137 e. The molecule has 0 atom stereocenters. The minimum Gasteiger partial charge on any atom is -0.368 e. The Morgan fingerprint density at radius 2 is 1.92 bits per heavy atom. The molecule has 120 valence electrons. The van der Waals surface area contributed by atoms with Gasteiger partial charge in [0, 0.05) is 49.5 Å². The lowest BCUT2D eigenvalue weighted by atomic mass is 10.0. The second-order valence-electron chi connectivity index (χ2n) is 6.27. The number of anilines is 1. The van der Waals surface area contributed by atoms with E-state index in [4.69, 9.17) is 0 Å². The number of aromatic nitrogens is 2. The number of piperazine rings is 1. The van der Waals surface area contributed by atoms with Crippen LogP contribution < -0.4 is 4.90 Å². The Morgan fingerprint density at radius 1 is 1.08 bits per heavy atom. The van der Waals surface area contributed by atoms with E-state index in [9.17, 15) is 5.26 Å². The van der Waals surface area contributed by atoms with Crippen molar-refractivity contribution in [1.29, 1.82) is 5.26 Å². The monoisotopic (exact) mass is 317 g/mol. The molecule has 1 aliphatic heterocycles. The van der Waals surface area contributed by atoms with Gasteiger partial charge < -0.3 is 14.8 Å². The van der Waals surface area contributed by atoms with Crippen molar-refractivity contribution in [3.8, 4) is 17.2 Å². The van der Waals surface area contributed by atoms with Crippen molar-refractivity contribution in [2.75, 3.05) is 38.1 Å². The zero-order chi connectivity index (χ0) is 16.5. The first kappa shape index (κ1) is 14.7. The van der Waals surface area contributed by atoms with Crippen molar-refractivity contribution in [2.45, 2.75) is 0 Å². The van der Waals surface area contributed by atoms with Gasteiger partial charge >= 0.3 is 0 Å². The van der Waals surface area contributed by atoms with Crippen molar-refractivity contribution >= 4 is 16.7 Å². The largest absolute Gasteiger partial charge is 0.368 e. The number of hydrogen-bond donors (Lipinski definition) is 1. The molecule has 5 nitrogen and oxygen atoms in total. The number of aromatic amines is 1. The van der Waals surface area contributed by atoms with Gasteiger partial charge in [-0.3, -0.25) is 0 Å². The van der Waals surface area contributed by atoms with Crippen LogP contribution in [0.15, 0.2) is 42.7 Å². The Balaban J connectivity index is 1.69. The number of nitrogens with one attached hydrogen (secondary N) is 1. The first-order chi connectivity index (χ1) is 11.7. The molecule has 0 radical (unpaired) electrons. The molecule has 1 aliphatic rings. The van der Waals surface area contributed by atoms with Gasteiger partial charge in [0.2, 0.25) is 0 Å². The summed E-state index contributed by atoms with van der Waals surface area (Å²) in [5.41, 5.74) is 4.70. The van der Waals surface area contributed by atoms with E-state index in [1.807, 2.05) is 24.5 Å². The smallest absolute Gasteiger partial charge is 0.137 e. The van der Waals surface area contributed by atoms with Crippen LogP contribution in [0.3, 0.4) is 0 Å². The summed E-state index contributed by atoms with van der Waals surface area (Å²) in [4.78, 5) is 12.2. The predicted octanol–water partition coefficient (Wildman–Crippen LogP) is 2.85. The van der Waals surface area contributed by atoms with Crippen molar-refractivity contribution in [2.24, 2.45) is 0 Å². The fraction of sp³-hybridized carbons (Fsp3) is 0.263. The fourth-order valence-electron chi connectivity index (χ4n) is 3.23. The number of nitrogens with zero attached hydrogens (tertiary/aromatic N) is 4. The van der Waals surface area contributed by atoms with E-state index in [0.29, 0.717) is 0 Å². The zero-order valence-electron chi connectivity index (χ0n) is 13.7. The Hall–Kier alpha value is -2.84. The third-order valence-corrected chi connectivity index (χ3v) is 4.69. The lowest BCUT2D eigenvalue weighted by Crippen LogP contribution is -2.44. The Kier molecular flexibility index (Phi) is 3.68. The number of H-pyrrole nitrogens is 1. The summed E-state index contributed by atoms with van der Waals surface area (Å²) in [6, 6.07) is 12.6. The van der Waals surface area contributed by atoms with Crippen LogP contribution in [0, 0.1) is 11.3 Å². The first-order valence-corrected chi connectivity index (χ1v) is 8.16. The summed E-state index contributed by atoms with van der Waals surface area (Å²) in [5, 5.41) is 10.7. The van der Waals surface area contributed by atoms with Crippen LogP contribution in [0.1, 0.15) is 5.56 Å². The van der Waals surface area contributed by atoms with E-state index in [2.05, 4.69) is 51.1 Å². The van der Waals surface area contributed by atoms with Crippen molar-refractivity contribution < 1.29 is 0 Å². The molecule has 3 aromatic rings. The molecule has 1 saturated heterocycles. The lowest BCUT2D eigenvalue weighted by molar-refractivity contribution is 0.313. The molecule has 0 saturated carbocycles. The predicted molar refractivity (Wildman–Crippen MR) is 96.0 cm³/mol. The highest BCUT2D eigenvalue weighted by Gasteiger charge is 2.17. The number of fused-ring (bicyclic) bond motifs is 1. The number of nitriles is 1. The van der Waals surface area contributed by atoms with Crippen LogP contribution in [0.25, 0.3) is 22.2 Å². The van der Waals surface area contributed by atoms with Gasteiger partial charge in [-0.25, -0.2) is 4.98 Å². The van der Waals surface area contributed by atoms with Gasteiger partial charge in [0.15, 0.2) is 0 Å². The Morgan fingerprint density at radius 3 is 2.71 bits per heavy atom. The van der Waals surface area contributed by atoms with E-state index in [1.165, 1.54) is 0 Å². The Labute approximate surface area is 141 Å². The highest BCUT2D eigenvalue weighted by molar-refractivity contribution is 5.82. The maximum absolute atomic E-state index is 9.60. The molecule has 24 heavy (non-hydrogen) atoms. The summed E-state index contributed by atoms with van der Waals surface area (Å²) in [7, 11) is 2.13. The Bertz CT molecular complexity index is 913. The van der Waals surface area contributed by atoms with Crippen LogP contribution in [-0.4, -0.2) is 48.1 Å². The van der Waals surface area contributed by atoms with E-state index in [-0.39, 0.29) is 0 Å². The summed E-state index contributed by atoms with van der Waals surface area (Å²) >= 11 is 0. The molecule has 3 heterocycles. The molecule has 0 spiro atoms. The number of hydrogen-bond acceptors (Lipinski definition) is 4. The van der Waals surface area contributed by atoms with Crippen LogP contribution >= 0.6 is 0 Å². The van der Waals surface area contributed by atoms with Crippen LogP contribution in [-0.2, 0) is 0 Å². The highest BCUT2D eigenvalue weighted by Crippen LogP contribution is 2.29. The van der Waals surface area contributed by atoms with Gasteiger partial charge in [-0.15, -0.1) is 0 Å². The van der Waals surface area contributed by atoms with E-state index >= 15 is 0 Å². The SMILES string of the molecule is CN1CCN(c2ccc(-c3cnc4[nH]ccc4c3)cc2C#N)CC1. The van der Waals surface area contributed by atoms with Crippen molar-refractivity contribution in [3.05, 3.63) is 48.3 Å². The topological polar surface area (TPSA) is 58.9 Å². The molecule has 5 heteroatoms. The first-order valence-electron chi connectivity index (χ1n) is 8.16. The number of benzene rings is 1. The summed E-state index contributed by atoms with van der Waals surface area (Å²) in [6.45, 7) is 3.98. The molecular formula is C19H19N5. The molecular weight excluding hydrogens is 298 g/mol.